The molecule has 1 aromatic carbocycles. The van der Waals surface area contributed by atoms with Crippen molar-refractivity contribution in [2.75, 3.05) is 0 Å². The van der Waals surface area contributed by atoms with Crippen LogP contribution in [-0.2, 0) is 14.8 Å². The van der Waals surface area contributed by atoms with Gasteiger partial charge < -0.3 is 5.11 Å². The summed E-state index contributed by atoms with van der Waals surface area (Å²) in [5.74, 6) is -1.04. The zero-order chi connectivity index (χ0) is 14.8. The maximum Gasteiger partial charge on any atom is 0.305 e. The molecule has 0 bridgehead atoms. The Morgan fingerprint density at radius 3 is 2.55 bits per heavy atom. The fourth-order valence-corrected chi connectivity index (χ4v) is 3.96. The van der Waals surface area contributed by atoms with Crippen molar-refractivity contribution >= 4 is 16.0 Å². The second-order valence-corrected chi connectivity index (χ2v) is 6.57. The van der Waals surface area contributed by atoms with Gasteiger partial charge in [-0.2, -0.15) is 5.26 Å². The van der Waals surface area contributed by atoms with Crippen molar-refractivity contribution in [3.63, 3.8) is 0 Å². The molecule has 0 heterocycles. The van der Waals surface area contributed by atoms with Crippen molar-refractivity contribution in [1.82, 2.24) is 4.72 Å². The number of aliphatic carboxylic acids is 1. The van der Waals surface area contributed by atoms with Crippen molar-refractivity contribution in [2.45, 2.75) is 36.1 Å². The fourth-order valence-electron chi connectivity index (χ4n) is 2.34. The summed E-state index contributed by atoms with van der Waals surface area (Å²) >= 11 is 0. The molecule has 0 amide bonds. The van der Waals surface area contributed by atoms with Crippen LogP contribution < -0.4 is 4.72 Å². The van der Waals surface area contributed by atoms with Gasteiger partial charge in [-0.05, 0) is 31.4 Å². The Morgan fingerprint density at radius 2 is 2.05 bits per heavy atom. The molecule has 0 saturated heterocycles. The third-order valence-electron chi connectivity index (χ3n) is 3.45. The Hall–Kier alpha value is -1.91. The number of nitrogens with zero attached hydrogens (tertiary/aromatic N) is 1. The summed E-state index contributed by atoms with van der Waals surface area (Å²) < 4.78 is 27.2. The average Bonchev–Trinajstić information content (AvgIpc) is 2.35. The second kappa shape index (κ2) is 5.23. The lowest BCUT2D eigenvalue weighted by Crippen LogP contribution is -2.54. The van der Waals surface area contributed by atoms with E-state index in [4.69, 9.17) is 10.4 Å². The molecule has 1 saturated carbocycles. The van der Waals surface area contributed by atoms with Gasteiger partial charge in [0.05, 0.1) is 16.9 Å². The van der Waals surface area contributed by atoms with Gasteiger partial charge in [-0.15, -0.1) is 0 Å². The van der Waals surface area contributed by atoms with Gasteiger partial charge in [0.2, 0.25) is 10.0 Å². The predicted octanol–water partition coefficient (Wildman–Crippen LogP) is 1.23. The van der Waals surface area contributed by atoms with Crippen LogP contribution in [-0.4, -0.2) is 25.0 Å². The summed E-state index contributed by atoms with van der Waals surface area (Å²) in [6.45, 7) is 0. The van der Waals surface area contributed by atoms with E-state index in [0.717, 1.165) is 6.42 Å². The number of hydrogen-bond acceptors (Lipinski definition) is 4. The maximum absolute atomic E-state index is 12.3. The third-order valence-corrected chi connectivity index (χ3v) is 5.08. The summed E-state index contributed by atoms with van der Waals surface area (Å²) in [4.78, 5) is 10.8. The van der Waals surface area contributed by atoms with Crippen molar-refractivity contribution in [3.8, 4) is 6.07 Å². The zero-order valence-corrected chi connectivity index (χ0v) is 11.5. The minimum absolute atomic E-state index is 0.0461. The number of hydrogen-bond donors (Lipinski definition) is 2. The molecular weight excluding hydrogens is 280 g/mol. The van der Waals surface area contributed by atoms with Crippen LogP contribution >= 0.6 is 0 Å². The van der Waals surface area contributed by atoms with Crippen molar-refractivity contribution in [2.24, 2.45) is 0 Å². The molecule has 1 aromatic rings. The number of carboxylic acid groups (broad SMARTS) is 1. The van der Waals surface area contributed by atoms with E-state index < -0.39 is 21.5 Å². The summed E-state index contributed by atoms with van der Waals surface area (Å²) in [6.07, 6.45) is 1.52. The van der Waals surface area contributed by atoms with Crippen molar-refractivity contribution < 1.29 is 18.3 Å². The Kier molecular flexibility index (Phi) is 3.79. The van der Waals surface area contributed by atoms with Crippen LogP contribution in [0.1, 0.15) is 31.2 Å². The van der Waals surface area contributed by atoms with E-state index in [1.165, 1.54) is 18.2 Å². The number of benzene rings is 1. The van der Waals surface area contributed by atoms with Crippen LogP contribution in [0, 0.1) is 11.3 Å². The fraction of sp³-hybridized carbons (Fsp3) is 0.385. The number of carbonyl (C=O) groups is 1. The second-order valence-electron chi connectivity index (χ2n) is 4.92. The highest BCUT2D eigenvalue weighted by Crippen LogP contribution is 2.36. The van der Waals surface area contributed by atoms with Crippen LogP contribution in [0.4, 0.5) is 0 Å². The van der Waals surface area contributed by atoms with E-state index in [1.54, 1.807) is 6.07 Å². The summed E-state index contributed by atoms with van der Waals surface area (Å²) in [7, 11) is -3.90. The van der Waals surface area contributed by atoms with Crippen molar-refractivity contribution in [1.29, 1.82) is 5.26 Å². The van der Waals surface area contributed by atoms with Gasteiger partial charge in [0.1, 0.15) is 6.07 Å². The van der Waals surface area contributed by atoms with Crippen molar-refractivity contribution in [3.05, 3.63) is 29.8 Å². The number of rotatable bonds is 5. The molecule has 0 spiro atoms. The average molecular weight is 294 g/mol. The minimum atomic E-state index is -3.90. The summed E-state index contributed by atoms with van der Waals surface area (Å²) in [5, 5.41) is 17.9. The van der Waals surface area contributed by atoms with Crippen LogP contribution in [0.25, 0.3) is 0 Å². The van der Waals surface area contributed by atoms with Crippen LogP contribution in [0.3, 0.4) is 0 Å². The molecule has 1 fully saturated rings. The van der Waals surface area contributed by atoms with Crippen LogP contribution in [0.2, 0.25) is 0 Å². The molecule has 0 aromatic heterocycles. The predicted molar refractivity (Wildman–Crippen MR) is 70.3 cm³/mol. The van der Waals surface area contributed by atoms with Gasteiger partial charge >= 0.3 is 5.97 Å². The van der Waals surface area contributed by atoms with Gasteiger partial charge in [-0.3, -0.25) is 4.79 Å². The molecule has 2 N–H and O–H groups in total. The van der Waals surface area contributed by atoms with Gasteiger partial charge in [0, 0.05) is 5.54 Å². The lowest BCUT2D eigenvalue weighted by atomic mass is 9.75. The molecule has 0 unspecified atom stereocenters. The Balaban J connectivity index is 2.32. The molecule has 2 rings (SSSR count). The number of carboxylic acids is 1. The molecule has 1 aliphatic carbocycles. The van der Waals surface area contributed by atoms with E-state index in [-0.39, 0.29) is 16.9 Å². The normalized spacial score (nSPS) is 16.9. The highest BCUT2D eigenvalue weighted by molar-refractivity contribution is 7.89. The third kappa shape index (κ3) is 2.81. The van der Waals surface area contributed by atoms with Gasteiger partial charge in [0.15, 0.2) is 0 Å². The summed E-state index contributed by atoms with van der Waals surface area (Å²) in [6, 6.07) is 7.69. The first kappa shape index (κ1) is 14.5. The smallest absolute Gasteiger partial charge is 0.305 e. The molecule has 0 aliphatic heterocycles. The van der Waals surface area contributed by atoms with Crippen LogP contribution in [0.15, 0.2) is 29.2 Å². The first-order chi connectivity index (χ1) is 9.38. The number of nitriles is 1. The lowest BCUT2D eigenvalue weighted by molar-refractivity contribution is -0.139. The highest BCUT2D eigenvalue weighted by Gasteiger charge is 2.42. The lowest BCUT2D eigenvalue weighted by Gasteiger charge is -2.41. The molecular formula is C13H14N2O4S. The van der Waals surface area contributed by atoms with E-state index in [0.29, 0.717) is 12.8 Å². The molecule has 1 aliphatic rings. The molecule has 106 valence electrons. The maximum atomic E-state index is 12.3. The molecule has 7 heteroatoms. The molecule has 6 nitrogen and oxygen atoms in total. The molecule has 0 atom stereocenters. The molecule has 0 radical (unpaired) electrons. The van der Waals surface area contributed by atoms with Gasteiger partial charge in [-0.1, -0.05) is 12.1 Å². The van der Waals surface area contributed by atoms with Crippen LogP contribution in [0.5, 0.6) is 0 Å². The molecule has 20 heavy (non-hydrogen) atoms. The SMILES string of the molecule is N#Cc1ccccc1S(=O)(=O)NC1(CC(=O)O)CCC1. The van der Waals surface area contributed by atoms with Gasteiger partial charge in [-0.25, -0.2) is 13.1 Å². The summed E-state index contributed by atoms with van der Waals surface area (Å²) in [5.41, 5.74) is -0.877. The standard InChI is InChI=1S/C13H14N2O4S/c14-9-10-4-1-2-5-11(10)20(18,19)15-13(6-3-7-13)8-12(16)17/h1-2,4-5,15H,3,6-8H2,(H,16,17). The monoisotopic (exact) mass is 294 g/mol. The van der Waals surface area contributed by atoms with Gasteiger partial charge in [0.25, 0.3) is 0 Å². The van der Waals surface area contributed by atoms with E-state index >= 15 is 0 Å². The highest BCUT2D eigenvalue weighted by atomic mass is 32.2. The Labute approximate surface area is 117 Å². The first-order valence-corrected chi connectivity index (χ1v) is 7.62. The number of nitrogens with one attached hydrogen (secondary N) is 1. The largest absolute Gasteiger partial charge is 0.481 e. The zero-order valence-electron chi connectivity index (χ0n) is 10.7. The minimum Gasteiger partial charge on any atom is -0.481 e. The van der Waals surface area contributed by atoms with E-state index in [9.17, 15) is 13.2 Å². The topological polar surface area (TPSA) is 107 Å². The quantitative estimate of drug-likeness (QED) is 0.849. The van der Waals surface area contributed by atoms with E-state index in [2.05, 4.69) is 4.72 Å². The van der Waals surface area contributed by atoms with E-state index in [1.807, 2.05) is 6.07 Å². The first-order valence-electron chi connectivity index (χ1n) is 6.13. The Bertz CT molecular complexity index is 672. The number of sulfonamides is 1. The Morgan fingerprint density at radius 1 is 1.40 bits per heavy atom.